The second kappa shape index (κ2) is 6.86. The molecule has 0 aliphatic heterocycles. The number of hydrogen-bond acceptors (Lipinski definition) is 4. The number of amides is 2. The molecule has 1 aromatic carbocycles. The van der Waals surface area contributed by atoms with E-state index in [2.05, 4.69) is 10.6 Å². The van der Waals surface area contributed by atoms with Gasteiger partial charge in [0.25, 0.3) is 0 Å². The molecule has 1 saturated carbocycles. The number of carbonyl (C=O) groups is 1. The van der Waals surface area contributed by atoms with E-state index in [0.717, 1.165) is 23.6 Å². The predicted octanol–water partition coefficient (Wildman–Crippen LogP) is 1.63. The Bertz CT molecular complexity index is 669. The molecule has 0 bridgehead atoms. The van der Waals surface area contributed by atoms with E-state index in [-0.39, 0.29) is 16.1 Å². The Morgan fingerprint density at radius 2 is 1.96 bits per heavy atom. The number of urea groups is 1. The highest BCUT2D eigenvalue weighted by atomic mass is 32.2. The summed E-state index contributed by atoms with van der Waals surface area (Å²) in [5.41, 5.74) is -0.0978. The van der Waals surface area contributed by atoms with E-state index in [4.69, 9.17) is 4.74 Å². The van der Waals surface area contributed by atoms with Crippen molar-refractivity contribution in [3.05, 3.63) is 24.3 Å². The molecule has 2 N–H and O–H groups in total. The van der Waals surface area contributed by atoms with Gasteiger partial charge in [0.2, 0.25) is 10.0 Å². The van der Waals surface area contributed by atoms with Gasteiger partial charge in [-0.1, -0.05) is 12.1 Å². The number of nitrogens with one attached hydrogen (secondary N) is 2. The highest BCUT2D eigenvalue weighted by Gasteiger charge is 2.38. The second-order valence-electron chi connectivity index (χ2n) is 5.93. The molecular weight excluding hydrogens is 318 g/mol. The molecule has 128 valence electrons. The molecule has 0 atom stereocenters. The van der Waals surface area contributed by atoms with Crippen molar-refractivity contribution >= 4 is 21.7 Å². The van der Waals surface area contributed by atoms with Gasteiger partial charge in [-0.3, -0.25) is 0 Å². The van der Waals surface area contributed by atoms with Gasteiger partial charge in [-0.15, -0.1) is 0 Å². The zero-order chi connectivity index (χ0) is 17.1. The van der Waals surface area contributed by atoms with Gasteiger partial charge >= 0.3 is 6.03 Å². The zero-order valence-electron chi connectivity index (χ0n) is 13.6. The van der Waals surface area contributed by atoms with Crippen LogP contribution in [-0.2, 0) is 14.8 Å². The van der Waals surface area contributed by atoms with Crippen molar-refractivity contribution in [3.63, 3.8) is 0 Å². The second-order valence-corrected chi connectivity index (χ2v) is 8.05. The third-order valence-electron chi connectivity index (χ3n) is 4.00. The molecule has 1 aliphatic rings. The first kappa shape index (κ1) is 17.7. The maximum atomic E-state index is 12.3. The predicted molar refractivity (Wildman–Crippen MR) is 87.9 cm³/mol. The molecule has 0 aromatic heterocycles. The first-order valence-corrected chi connectivity index (χ1v) is 8.84. The normalized spacial score (nSPS) is 16.7. The van der Waals surface area contributed by atoms with E-state index < -0.39 is 16.1 Å². The highest BCUT2D eigenvalue weighted by Crippen LogP contribution is 2.32. The van der Waals surface area contributed by atoms with E-state index in [1.54, 1.807) is 25.3 Å². The van der Waals surface area contributed by atoms with E-state index in [0.29, 0.717) is 6.61 Å². The molecule has 0 saturated heterocycles. The number of ether oxygens (including phenoxy) is 1. The van der Waals surface area contributed by atoms with Crippen LogP contribution in [0.5, 0.6) is 0 Å². The molecule has 8 heteroatoms. The van der Waals surface area contributed by atoms with Crippen LogP contribution in [0.3, 0.4) is 0 Å². The van der Waals surface area contributed by atoms with Crippen LogP contribution in [0.4, 0.5) is 10.5 Å². The summed E-state index contributed by atoms with van der Waals surface area (Å²) in [6.07, 6.45) is 2.74. The number of nitrogens with zero attached hydrogens (tertiary/aromatic N) is 1. The fraction of sp³-hybridized carbons (Fsp3) is 0.533. The van der Waals surface area contributed by atoms with Gasteiger partial charge in [-0.25, -0.2) is 17.5 Å². The Labute approximate surface area is 137 Å². The summed E-state index contributed by atoms with van der Waals surface area (Å²) in [7, 11) is 0.868. The number of para-hydroxylation sites is 1. The number of methoxy groups -OCH3 is 1. The number of benzene rings is 1. The smallest absolute Gasteiger partial charge is 0.319 e. The van der Waals surface area contributed by atoms with E-state index in [1.807, 2.05) is 0 Å². The molecule has 7 nitrogen and oxygen atoms in total. The van der Waals surface area contributed by atoms with Gasteiger partial charge in [0.1, 0.15) is 4.90 Å². The summed E-state index contributed by atoms with van der Waals surface area (Å²) in [6, 6.07) is 5.91. The molecular formula is C15H23N3O4S. The number of anilines is 1. The molecule has 1 aliphatic carbocycles. The maximum Gasteiger partial charge on any atom is 0.319 e. The van der Waals surface area contributed by atoms with Crippen molar-refractivity contribution in [1.82, 2.24) is 9.62 Å². The van der Waals surface area contributed by atoms with Crippen molar-refractivity contribution in [1.29, 1.82) is 0 Å². The van der Waals surface area contributed by atoms with Crippen molar-refractivity contribution in [2.24, 2.45) is 0 Å². The summed E-state index contributed by atoms with van der Waals surface area (Å²) >= 11 is 0. The van der Waals surface area contributed by atoms with Crippen LogP contribution in [0.1, 0.15) is 19.3 Å². The topological polar surface area (TPSA) is 87.7 Å². The lowest BCUT2D eigenvalue weighted by atomic mass is 9.77. The Balaban J connectivity index is 2.16. The summed E-state index contributed by atoms with van der Waals surface area (Å²) in [5, 5.41) is 5.55. The molecule has 0 spiro atoms. The third kappa shape index (κ3) is 3.82. The third-order valence-corrected chi connectivity index (χ3v) is 5.88. The summed E-state index contributed by atoms with van der Waals surface area (Å²) in [4.78, 5) is 12.3. The monoisotopic (exact) mass is 341 g/mol. The summed E-state index contributed by atoms with van der Waals surface area (Å²) in [5.74, 6) is 0. The van der Waals surface area contributed by atoms with Crippen LogP contribution in [0, 0.1) is 0 Å². The number of sulfonamides is 1. The molecule has 23 heavy (non-hydrogen) atoms. The molecule has 1 fully saturated rings. The lowest BCUT2D eigenvalue weighted by Gasteiger charge is -2.41. The summed E-state index contributed by atoms with van der Waals surface area (Å²) in [6.45, 7) is 0.443. The maximum absolute atomic E-state index is 12.3. The van der Waals surface area contributed by atoms with Crippen LogP contribution in [0.15, 0.2) is 29.2 Å². The number of carbonyl (C=O) groups excluding carboxylic acids is 1. The van der Waals surface area contributed by atoms with E-state index in [1.165, 1.54) is 20.2 Å². The zero-order valence-corrected chi connectivity index (χ0v) is 14.4. The van der Waals surface area contributed by atoms with Gasteiger partial charge in [0.05, 0.1) is 17.8 Å². The van der Waals surface area contributed by atoms with Crippen LogP contribution >= 0.6 is 0 Å². The van der Waals surface area contributed by atoms with Gasteiger partial charge in [0, 0.05) is 21.2 Å². The summed E-state index contributed by atoms with van der Waals surface area (Å²) < 4.78 is 30.9. The molecule has 2 rings (SSSR count). The molecule has 0 radical (unpaired) electrons. The average Bonchev–Trinajstić information content (AvgIpc) is 2.45. The first-order valence-electron chi connectivity index (χ1n) is 7.40. The van der Waals surface area contributed by atoms with Gasteiger partial charge in [-0.05, 0) is 31.4 Å². The molecule has 2 amide bonds. The molecule has 0 heterocycles. The fourth-order valence-corrected chi connectivity index (χ4v) is 3.61. The van der Waals surface area contributed by atoms with Gasteiger partial charge < -0.3 is 15.4 Å². The lowest BCUT2D eigenvalue weighted by Crippen LogP contribution is -2.57. The van der Waals surface area contributed by atoms with Crippen LogP contribution in [0.25, 0.3) is 0 Å². The van der Waals surface area contributed by atoms with Crippen LogP contribution in [-0.4, -0.2) is 52.1 Å². The minimum atomic E-state index is -3.63. The van der Waals surface area contributed by atoms with Crippen LogP contribution in [0.2, 0.25) is 0 Å². The van der Waals surface area contributed by atoms with E-state index in [9.17, 15) is 13.2 Å². The van der Waals surface area contributed by atoms with Crippen molar-refractivity contribution in [2.75, 3.05) is 33.1 Å². The SMILES string of the molecule is COCC1(NC(=O)Nc2ccccc2S(=O)(=O)N(C)C)CCC1. The molecule has 0 unspecified atom stereocenters. The fourth-order valence-electron chi connectivity index (χ4n) is 2.57. The number of rotatable bonds is 6. The van der Waals surface area contributed by atoms with Crippen molar-refractivity contribution in [2.45, 2.75) is 29.7 Å². The Kier molecular flexibility index (Phi) is 5.28. The number of hydrogen-bond donors (Lipinski definition) is 2. The van der Waals surface area contributed by atoms with Gasteiger partial charge in [0.15, 0.2) is 0 Å². The highest BCUT2D eigenvalue weighted by molar-refractivity contribution is 7.89. The van der Waals surface area contributed by atoms with Gasteiger partial charge in [-0.2, -0.15) is 0 Å². The van der Waals surface area contributed by atoms with Crippen LogP contribution < -0.4 is 10.6 Å². The quantitative estimate of drug-likeness (QED) is 0.823. The minimum Gasteiger partial charge on any atom is -0.382 e. The average molecular weight is 341 g/mol. The van der Waals surface area contributed by atoms with Crippen molar-refractivity contribution in [3.8, 4) is 0 Å². The van der Waals surface area contributed by atoms with E-state index >= 15 is 0 Å². The Morgan fingerprint density at radius 3 is 2.48 bits per heavy atom. The lowest BCUT2D eigenvalue weighted by molar-refractivity contribution is 0.0648. The standard InChI is InChI=1S/C15H23N3O4S/c1-18(2)23(20,21)13-8-5-4-7-12(13)16-14(19)17-15(11-22-3)9-6-10-15/h4-5,7-8H,6,9-11H2,1-3H3,(H2,16,17,19). The van der Waals surface area contributed by atoms with Crippen molar-refractivity contribution < 1.29 is 17.9 Å². The first-order chi connectivity index (χ1) is 10.8. The Hall–Kier alpha value is -1.64. The largest absolute Gasteiger partial charge is 0.382 e. The Morgan fingerprint density at radius 1 is 1.30 bits per heavy atom. The minimum absolute atomic E-state index is 0.0644. The molecule has 1 aromatic rings.